The molecule has 0 saturated carbocycles. The van der Waals surface area contributed by atoms with Crippen LogP contribution in [-0.2, 0) is 11.3 Å². The second-order valence-corrected chi connectivity index (χ2v) is 9.38. The van der Waals surface area contributed by atoms with Gasteiger partial charge in [-0.15, -0.1) is 0 Å². The zero-order valence-corrected chi connectivity index (χ0v) is 21.1. The van der Waals surface area contributed by atoms with Crippen LogP contribution in [0.2, 0.25) is 0 Å². The number of nitrogens with one attached hydrogen (secondary N) is 1. The predicted octanol–water partition coefficient (Wildman–Crippen LogP) is 3.38. The van der Waals surface area contributed by atoms with Crippen LogP contribution in [0, 0.1) is 11.6 Å². The SMILES string of the molecule is CCC(O)N1CCC(Nc2nc(-c3cc(-c4ccon4)n(Cc4ccccc4F)n3)ncc2F)(C(=O)O)CC1. The quantitative estimate of drug-likeness (QED) is 0.290. The van der Waals surface area contributed by atoms with E-state index >= 15 is 0 Å². The standard InChI is InChI=1S/C26H27F2N7O4/c1-2-22(36)34-10-8-26(9-11-34,25(37)38)31-23-18(28)14-29-24(30-23)20-13-21(19-7-12-39-33-19)35(32-20)15-16-5-3-4-6-17(16)27/h3-7,12-14,22,36H,2,8-11,15H2,1H3,(H,37,38)(H,29,30,31). The monoisotopic (exact) mass is 539 g/mol. The Morgan fingerprint density at radius 2 is 1.95 bits per heavy atom. The summed E-state index contributed by atoms with van der Waals surface area (Å²) in [5.41, 5.74) is 0.0940. The summed E-state index contributed by atoms with van der Waals surface area (Å²) in [4.78, 5) is 22.4. The minimum atomic E-state index is -1.48. The topological polar surface area (TPSA) is 142 Å². The highest BCUT2D eigenvalue weighted by Crippen LogP contribution is 2.31. The number of carbonyl (C=O) groups is 1. The molecule has 0 bridgehead atoms. The molecular weight excluding hydrogens is 512 g/mol. The molecule has 1 fully saturated rings. The van der Waals surface area contributed by atoms with Crippen molar-refractivity contribution in [3.63, 3.8) is 0 Å². The third-order valence-electron chi connectivity index (χ3n) is 6.94. The third kappa shape index (κ3) is 5.36. The lowest BCUT2D eigenvalue weighted by molar-refractivity contribution is -0.145. The molecule has 1 aliphatic rings. The van der Waals surface area contributed by atoms with E-state index in [1.54, 1.807) is 35.2 Å². The van der Waals surface area contributed by atoms with Crippen LogP contribution < -0.4 is 5.32 Å². The van der Waals surface area contributed by atoms with Crippen LogP contribution in [0.15, 0.2) is 53.4 Å². The van der Waals surface area contributed by atoms with E-state index in [0.717, 1.165) is 6.20 Å². The van der Waals surface area contributed by atoms with Crippen molar-refractivity contribution < 1.29 is 28.3 Å². The highest BCUT2D eigenvalue weighted by Gasteiger charge is 2.43. The number of nitrogens with zero attached hydrogens (tertiary/aromatic N) is 6. The first-order valence-corrected chi connectivity index (χ1v) is 12.5. The maximum atomic E-state index is 14.9. The van der Waals surface area contributed by atoms with Crippen LogP contribution in [0.1, 0.15) is 31.7 Å². The number of halogens is 2. The zero-order chi connectivity index (χ0) is 27.6. The molecule has 1 atom stereocenters. The molecule has 1 unspecified atom stereocenters. The van der Waals surface area contributed by atoms with Gasteiger partial charge in [0.1, 0.15) is 35.2 Å². The number of rotatable bonds is 9. The maximum Gasteiger partial charge on any atom is 0.329 e. The lowest BCUT2D eigenvalue weighted by Crippen LogP contribution is -2.56. The van der Waals surface area contributed by atoms with Crippen molar-refractivity contribution in [1.29, 1.82) is 0 Å². The van der Waals surface area contributed by atoms with E-state index in [9.17, 15) is 23.8 Å². The average Bonchev–Trinajstić information content (AvgIpc) is 3.61. The Balaban J connectivity index is 1.46. The van der Waals surface area contributed by atoms with Crippen LogP contribution in [-0.4, -0.2) is 70.8 Å². The number of carboxylic acid groups (broad SMARTS) is 1. The number of hydrogen-bond donors (Lipinski definition) is 3. The third-order valence-corrected chi connectivity index (χ3v) is 6.94. The van der Waals surface area contributed by atoms with Crippen LogP contribution in [0.5, 0.6) is 0 Å². The van der Waals surface area contributed by atoms with E-state index in [-0.39, 0.29) is 36.7 Å². The summed E-state index contributed by atoms with van der Waals surface area (Å²) in [5.74, 6) is -2.61. The van der Waals surface area contributed by atoms with Crippen LogP contribution in [0.3, 0.4) is 0 Å². The van der Waals surface area contributed by atoms with Gasteiger partial charge in [-0.3, -0.25) is 9.58 Å². The number of aliphatic carboxylic acids is 1. The Labute approximate surface area is 222 Å². The number of likely N-dealkylation sites (tertiary alicyclic amines) is 1. The largest absolute Gasteiger partial charge is 0.480 e. The minimum Gasteiger partial charge on any atom is -0.480 e. The normalized spacial score (nSPS) is 16.2. The van der Waals surface area contributed by atoms with Gasteiger partial charge in [-0.2, -0.15) is 5.10 Å². The van der Waals surface area contributed by atoms with Gasteiger partial charge in [-0.1, -0.05) is 30.3 Å². The Morgan fingerprint density at radius 3 is 2.62 bits per heavy atom. The summed E-state index contributed by atoms with van der Waals surface area (Å²) in [6.07, 6.45) is 2.44. The number of piperidine rings is 1. The van der Waals surface area contributed by atoms with Crippen molar-refractivity contribution in [1.82, 2.24) is 29.8 Å². The summed E-state index contributed by atoms with van der Waals surface area (Å²) < 4.78 is 35.7. The van der Waals surface area contributed by atoms with Crippen molar-refractivity contribution in [2.24, 2.45) is 0 Å². The van der Waals surface area contributed by atoms with E-state index in [0.29, 0.717) is 36.5 Å². The lowest BCUT2D eigenvalue weighted by atomic mass is 9.87. The molecular formula is C26H27F2N7O4. The van der Waals surface area contributed by atoms with Gasteiger partial charge in [0.05, 0.1) is 18.4 Å². The number of benzene rings is 1. The number of aromatic nitrogens is 5. The van der Waals surface area contributed by atoms with Gasteiger partial charge in [0.15, 0.2) is 17.5 Å². The van der Waals surface area contributed by atoms with E-state index < -0.39 is 29.4 Å². The van der Waals surface area contributed by atoms with Gasteiger partial charge >= 0.3 is 5.97 Å². The van der Waals surface area contributed by atoms with Gasteiger partial charge in [-0.25, -0.2) is 23.5 Å². The fraction of sp³-hybridized carbons (Fsp3) is 0.346. The molecule has 0 radical (unpaired) electrons. The second kappa shape index (κ2) is 10.9. The molecule has 11 nitrogen and oxygen atoms in total. The zero-order valence-electron chi connectivity index (χ0n) is 21.1. The summed E-state index contributed by atoms with van der Waals surface area (Å²) in [5, 5.41) is 31.4. The molecule has 0 amide bonds. The van der Waals surface area contributed by atoms with Crippen LogP contribution in [0.4, 0.5) is 14.6 Å². The predicted molar refractivity (Wildman–Crippen MR) is 135 cm³/mol. The highest BCUT2D eigenvalue weighted by atomic mass is 19.1. The van der Waals surface area contributed by atoms with Crippen molar-refractivity contribution in [2.45, 2.75) is 44.5 Å². The first kappa shape index (κ1) is 26.4. The molecule has 5 rings (SSSR count). The average molecular weight is 540 g/mol. The molecule has 3 aromatic heterocycles. The number of carboxylic acids is 1. The van der Waals surface area contributed by atoms with Crippen molar-refractivity contribution in [3.8, 4) is 22.9 Å². The Hall–Kier alpha value is -4.23. The summed E-state index contributed by atoms with van der Waals surface area (Å²) >= 11 is 0. The molecule has 4 aromatic rings. The number of aliphatic hydroxyl groups is 1. The molecule has 1 aliphatic heterocycles. The van der Waals surface area contributed by atoms with Crippen molar-refractivity contribution >= 4 is 11.8 Å². The number of hydrogen-bond acceptors (Lipinski definition) is 9. The van der Waals surface area contributed by atoms with Crippen molar-refractivity contribution in [2.75, 3.05) is 18.4 Å². The van der Waals surface area contributed by atoms with Crippen LogP contribution >= 0.6 is 0 Å². The summed E-state index contributed by atoms with van der Waals surface area (Å²) in [6, 6.07) is 9.53. The maximum absolute atomic E-state index is 14.9. The van der Waals surface area contributed by atoms with E-state index in [2.05, 4.69) is 25.5 Å². The molecule has 39 heavy (non-hydrogen) atoms. The van der Waals surface area contributed by atoms with E-state index in [4.69, 9.17) is 4.52 Å². The molecule has 3 N–H and O–H groups in total. The van der Waals surface area contributed by atoms with Gasteiger partial charge in [0.25, 0.3) is 0 Å². The molecule has 0 spiro atoms. The Morgan fingerprint density at radius 1 is 1.18 bits per heavy atom. The highest BCUT2D eigenvalue weighted by molar-refractivity contribution is 5.82. The molecule has 0 aliphatic carbocycles. The molecule has 204 valence electrons. The second-order valence-electron chi connectivity index (χ2n) is 9.38. The minimum absolute atomic E-state index is 0.0373. The fourth-order valence-electron chi connectivity index (χ4n) is 4.64. The van der Waals surface area contributed by atoms with Gasteiger partial charge in [-0.05, 0) is 31.4 Å². The molecule has 1 saturated heterocycles. The van der Waals surface area contributed by atoms with Crippen molar-refractivity contribution in [3.05, 3.63) is 66.1 Å². The van der Waals surface area contributed by atoms with Crippen LogP contribution in [0.25, 0.3) is 22.9 Å². The number of anilines is 1. The molecule has 1 aromatic carbocycles. The van der Waals surface area contributed by atoms with E-state index in [1.807, 2.05) is 6.92 Å². The first-order chi connectivity index (χ1) is 18.8. The lowest BCUT2D eigenvalue weighted by Gasteiger charge is -2.41. The summed E-state index contributed by atoms with van der Waals surface area (Å²) in [6.45, 7) is 2.54. The Kier molecular flexibility index (Phi) is 7.35. The molecule has 13 heteroatoms. The van der Waals surface area contributed by atoms with Gasteiger partial charge in [0.2, 0.25) is 0 Å². The Bertz CT molecular complexity index is 1450. The number of aliphatic hydroxyl groups excluding tert-OH is 1. The first-order valence-electron chi connectivity index (χ1n) is 12.5. The fourth-order valence-corrected chi connectivity index (χ4v) is 4.64. The summed E-state index contributed by atoms with van der Waals surface area (Å²) in [7, 11) is 0. The van der Waals surface area contributed by atoms with Gasteiger partial charge < -0.3 is 20.1 Å². The van der Waals surface area contributed by atoms with Gasteiger partial charge in [0, 0.05) is 24.7 Å². The smallest absolute Gasteiger partial charge is 0.329 e. The molecule has 4 heterocycles. The van der Waals surface area contributed by atoms with E-state index in [1.165, 1.54) is 17.0 Å².